The molecular formula is C18H21ClN4O3. The number of hydrogen-bond donors (Lipinski definition) is 2. The number of halogens is 1. The fourth-order valence-electron chi connectivity index (χ4n) is 4.16. The molecule has 3 heterocycles. The predicted molar refractivity (Wildman–Crippen MR) is 97.0 cm³/mol. The number of hydrogen-bond acceptors (Lipinski definition) is 3. The molecule has 0 spiro atoms. The van der Waals surface area contributed by atoms with Crippen molar-refractivity contribution >= 4 is 35.1 Å². The maximum Gasteiger partial charge on any atom is 0.319 e. The first-order chi connectivity index (χ1) is 12.4. The lowest BCUT2D eigenvalue weighted by molar-refractivity contribution is -0.156. The highest BCUT2D eigenvalue weighted by atomic mass is 35.5. The number of amides is 4. The van der Waals surface area contributed by atoms with E-state index in [1.54, 1.807) is 21.9 Å². The van der Waals surface area contributed by atoms with Crippen molar-refractivity contribution in [1.29, 1.82) is 0 Å². The number of fused-ring (bicyclic) bond motifs is 2. The van der Waals surface area contributed by atoms with Crippen LogP contribution in [0.25, 0.3) is 0 Å². The van der Waals surface area contributed by atoms with Crippen LogP contribution in [0.5, 0.6) is 0 Å². The van der Waals surface area contributed by atoms with Crippen LogP contribution in [0.3, 0.4) is 0 Å². The summed E-state index contributed by atoms with van der Waals surface area (Å²) in [5.74, 6) is 0.0324. The Morgan fingerprint density at radius 3 is 2.77 bits per heavy atom. The van der Waals surface area contributed by atoms with Gasteiger partial charge in [0.05, 0.1) is 6.04 Å². The second kappa shape index (κ2) is 6.46. The first-order valence-electron chi connectivity index (χ1n) is 8.88. The van der Waals surface area contributed by atoms with E-state index in [1.165, 1.54) is 0 Å². The van der Waals surface area contributed by atoms with Crippen molar-refractivity contribution < 1.29 is 14.4 Å². The van der Waals surface area contributed by atoms with Gasteiger partial charge in [0, 0.05) is 23.8 Å². The maximum atomic E-state index is 12.6. The summed E-state index contributed by atoms with van der Waals surface area (Å²) in [7, 11) is 0. The Labute approximate surface area is 156 Å². The standard InChI is InChI=1S/C18H21ClN4O3/c1-10-4-5-11(19)7-13(10)21-18(26)20-12-8-15-17(25)22-6-2-3-14(22)16(24)23(15)9-12/h4-5,7,12,14-15H,2-3,6,8-9H2,1H3,(H2,20,21,26)/t12-,14+,15-/m0/s1. The largest absolute Gasteiger partial charge is 0.333 e. The molecule has 3 aliphatic heterocycles. The molecule has 1 aromatic carbocycles. The van der Waals surface area contributed by atoms with Gasteiger partial charge in [0.1, 0.15) is 12.1 Å². The molecule has 26 heavy (non-hydrogen) atoms. The summed E-state index contributed by atoms with van der Waals surface area (Å²) in [6, 6.07) is 3.93. The molecule has 3 saturated heterocycles. The second-order valence-corrected chi connectivity index (χ2v) is 7.62. The Hall–Kier alpha value is -2.28. The van der Waals surface area contributed by atoms with Crippen LogP contribution in [0.4, 0.5) is 10.5 Å². The number of piperazine rings is 1. The molecule has 0 radical (unpaired) electrons. The van der Waals surface area contributed by atoms with E-state index < -0.39 is 6.04 Å². The van der Waals surface area contributed by atoms with E-state index in [0.717, 1.165) is 18.4 Å². The molecule has 0 aromatic heterocycles. The van der Waals surface area contributed by atoms with Crippen molar-refractivity contribution in [2.75, 3.05) is 18.4 Å². The van der Waals surface area contributed by atoms with Gasteiger partial charge in [-0.3, -0.25) is 9.59 Å². The van der Waals surface area contributed by atoms with Crippen LogP contribution in [-0.4, -0.2) is 58.9 Å². The van der Waals surface area contributed by atoms with Crippen LogP contribution in [0, 0.1) is 6.92 Å². The average molecular weight is 377 g/mol. The van der Waals surface area contributed by atoms with E-state index in [1.807, 2.05) is 13.0 Å². The molecule has 3 fully saturated rings. The van der Waals surface area contributed by atoms with Gasteiger partial charge < -0.3 is 20.4 Å². The van der Waals surface area contributed by atoms with Gasteiger partial charge in [-0.2, -0.15) is 0 Å². The summed E-state index contributed by atoms with van der Waals surface area (Å²) in [6.45, 7) is 2.92. The lowest BCUT2D eigenvalue weighted by Gasteiger charge is -2.38. The van der Waals surface area contributed by atoms with Crippen molar-refractivity contribution in [2.45, 2.75) is 44.3 Å². The molecule has 0 aliphatic carbocycles. The van der Waals surface area contributed by atoms with E-state index in [4.69, 9.17) is 11.6 Å². The molecule has 4 amide bonds. The lowest BCUT2D eigenvalue weighted by atomic mass is 10.1. The minimum absolute atomic E-state index is 0.0162. The van der Waals surface area contributed by atoms with E-state index in [2.05, 4.69) is 10.6 Å². The topological polar surface area (TPSA) is 81.8 Å². The van der Waals surface area contributed by atoms with Gasteiger partial charge in [-0.15, -0.1) is 0 Å². The van der Waals surface area contributed by atoms with Crippen molar-refractivity contribution in [3.8, 4) is 0 Å². The number of nitrogens with zero attached hydrogens (tertiary/aromatic N) is 2. The Morgan fingerprint density at radius 1 is 1.19 bits per heavy atom. The van der Waals surface area contributed by atoms with Crippen LogP contribution in [0.2, 0.25) is 5.02 Å². The highest BCUT2D eigenvalue weighted by Crippen LogP contribution is 2.32. The van der Waals surface area contributed by atoms with Crippen LogP contribution < -0.4 is 10.6 Å². The van der Waals surface area contributed by atoms with Gasteiger partial charge in [-0.1, -0.05) is 17.7 Å². The average Bonchev–Trinajstić information content (AvgIpc) is 3.23. The quantitative estimate of drug-likeness (QED) is 0.825. The third-order valence-electron chi connectivity index (χ3n) is 5.47. The third kappa shape index (κ3) is 2.90. The minimum Gasteiger partial charge on any atom is -0.333 e. The molecule has 1 aromatic rings. The third-order valence-corrected chi connectivity index (χ3v) is 5.71. The van der Waals surface area contributed by atoms with E-state index >= 15 is 0 Å². The van der Waals surface area contributed by atoms with Gasteiger partial charge in [0.25, 0.3) is 0 Å². The summed E-state index contributed by atoms with van der Waals surface area (Å²) >= 11 is 5.97. The van der Waals surface area contributed by atoms with Crippen LogP contribution in [0.15, 0.2) is 18.2 Å². The summed E-state index contributed by atoms with van der Waals surface area (Å²) in [5, 5.41) is 6.21. The Kier molecular flexibility index (Phi) is 4.26. The molecule has 8 heteroatoms. The molecule has 2 N–H and O–H groups in total. The zero-order chi connectivity index (χ0) is 18.4. The fourth-order valence-corrected chi connectivity index (χ4v) is 4.33. The van der Waals surface area contributed by atoms with Crippen LogP contribution >= 0.6 is 11.6 Å². The number of carbonyl (C=O) groups excluding carboxylic acids is 3. The van der Waals surface area contributed by atoms with Crippen LogP contribution in [0.1, 0.15) is 24.8 Å². The Balaban J connectivity index is 1.41. The molecule has 0 unspecified atom stereocenters. The predicted octanol–water partition coefficient (Wildman–Crippen LogP) is 1.74. The zero-order valence-corrected chi connectivity index (χ0v) is 15.3. The minimum atomic E-state index is -0.449. The second-order valence-electron chi connectivity index (χ2n) is 7.19. The van der Waals surface area contributed by atoms with Crippen molar-refractivity contribution in [3.05, 3.63) is 28.8 Å². The van der Waals surface area contributed by atoms with E-state index in [9.17, 15) is 14.4 Å². The molecule has 0 bridgehead atoms. The number of aryl methyl sites for hydroxylation is 1. The summed E-state index contributed by atoms with van der Waals surface area (Å²) in [5.41, 5.74) is 1.54. The highest BCUT2D eigenvalue weighted by molar-refractivity contribution is 6.31. The Morgan fingerprint density at radius 2 is 1.96 bits per heavy atom. The van der Waals surface area contributed by atoms with Crippen molar-refractivity contribution in [3.63, 3.8) is 0 Å². The summed E-state index contributed by atoms with van der Waals surface area (Å²) in [4.78, 5) is 40.9. The van der Waals surface area contributed by atoms with Crippen molar-refractivity contribution in [1.82, 2.24) is 15.1 Å². The highest BCUT2D eigenvalue weighted by Gasteiger charge is 2.51. The van der Waals surface area contributed by atoms with Crippen molar-refractivity contribution in [2.24, 2.45) is 0 Å². The normalized spacial score (nSPS) is 27.4. The SMILES string of the molecule is Cc1ccc(Cl)cc1NC(=O)N[C@H]1C[C@H]2C(=O)N3CCC[C@@H]3C(=O)N2C1. The van der Waals surface area contributed by atoms with Crippen LogP contribution in [-0.2, 0) is 9.59 Å². The number of rotatable bonds is 2. The molecule has 7 nitrogen and oxygen atoms in total. The van der Waals surface area contributed by atoms with Gasteiger partial charge in [-0.25, -0.2) is 4.79 Å². The van der Waals surface area contributed by atoms with Gasteiger partial charge in [0.2, 0.25) is 11.8 Å². The number of nitrogens with one attached hydrogen (secondary N) is 2. The summed E-state index contributed by atoms with van der Waals surface area (Å²) in [6.07, 6.45) is 2.07. The van der Waals surface area contributed by atoms with E-state index in [-0.39, 0.29) is 29.9 Å². The molecule has 4 rings (SSSR count). The monoisotopic (exact) mass is 376 g/mol. The first-order valence-corrected chi connectivity index (χ1v) is 9.26. The number of anilines is 1. The number of carbonyl (C=O) groups is 3. The maximum absolute atomic E-state index is 12.6. The molecule has 3 atom stereocenters. The number of benzene rings is 1. The zero-order valence-electron chi connectivity index (χ0n) is 14.5. The van der Waals surface area contributed by atoms with Gasteiger partial charge in [0.15, 0.2) is 0 Å². The molecule has 0 saturated carbocycles. The van der Waals surface area contributed by atoms with E-state index in [0.29, 0.717) is 30.2 Å². The number of urea groups is 1. The lowest BCUT2D eigenvalue weighted by Crippen LogP contribution is -2.60. The van der Waals surface area contributed by atoms with Gasteiger partial charge >= 0.3 is 6.03 Å². The molecular weight excluding hydrogens is 356 g/mol. The Bertz CT molecular complexity index is 754. The molecule has 138 valence electrons. The summed E-state index contributed by atoms with van der Waals surface area (Å²) < 4.78 is 0. The van der Waals surface area contributed by atoms with Gasteiger partial charge in [-0.05, 0) is 43.9 Å². The molecule has 3 aliphatic rings. The first kappa shape index (κ1) is 17.1. The smallest absolute Gasteiger partial charge is 0.319 e. The fraction of sp³-hybridized carbons (Fsp3) is 0.500.